The quantitative estimate of drug-likeness (QED) is 0.539. The van der Waals surface area contributed by atoms with Crippen molar-refractivity contribution in [2.24, 2.45) is 11.8 Å². The Morgan fingerprint density at radius 1 is 1.29 bits per heavy atom. The predicted octanol–water partition coefficient (Wildman–Crippen LogP) is 1.86. The lowest BCUT2D eigenvalue weighted by atomic mass is 9.85. The van der Waals surface area contributed by atoms with Crippen LogP contribution < -0.4 is 0 Å². The number of ether oxygens (including phenoxy) is 2. The highest BCUT2D eigenvalue weighted by Crippen LogP contribution is 2.33. The van der Waals surface area contributed by atoms with E-state index in [4.69, 9.17) is 9.47 Å². The van der Waals surface area contributed by atoms with Crippen molar-refractivity contribution in [2.45, 2.75) is 45.3 Å². The van der Waals surface area contributed by atoms with Gasteiger partial charge in [0.2, 0.25) is 0 Å². The molecule has 0 bridgehead atoms. The van der Waals surface area contributed by atoms with Crippen LogP contribution in [0.5, 0.6) is 0 Å². The number of rotatable bonds is 1. The van der Waals surface area contributed by atoms with Crippen molar-refractivity contribution < 1.29 is 14.3 Å². The lowest BCUT2D eigenvalue weighted by Crippen LogP contribution is -2.47. The summed E-state index contributed by atoms with van der Waals surface area (Å²) in [6.45, 7) is 7.61. The van der Waals surface area contributed by atoms with Gasteiger partial charge in [-0.25, -0.2) is 0 Å². The minimum atomic E-state index is -0.305. The van der Waals surface area contributed by atoms with Crippen LogP contribution in [0.15, 0.2) is 0 Å². The third kappa shape index (κ3) is 2.42. The van der Waals surface area contributed by atoms with Crippen LogP contribution in [-0.2, 0) is 14.3 Å². The molecule has 0 aromatic heterocycles. The van der Waals surface area contributed by atoms with E-state index in [0.717, 1.165) is 0 Å². The average Bonchev–Trinajstić information content (AvgIpc) is 2.09. The highest BCUT2D eigenvalue weighted by molar-refractivity contribution is 7.80. The van der Waals surface area contributed by atoms with E-state index in [1.54, 1.807) is 0 Å². The highest BCUT2D eigenvalue weighted by Gasteiger charge is 2.39. The molecule has 0 radical (unpaired) electrons. The van der Waals surface area contributed by atoms with Gasteiger partial charge in [0.05, 0.1) is 6.10 Å². The Labute approximate surface area is 90.6 Å². The third-order valence-corrected chi connectivity index (χ3v) is 3.44. The van der Waals surface area contributed by atoms with E-state index in [0.29, 0.717) is 5.92 Å². The zero-order valence-corrected chi connectivity index (χ0v) is 9.95. The van der Waals surface area contributed by atoms with Crippen molar-refractivity contribution in [3.63, 3.8) is 0 Å². The largest absolute Gasteiger partial charge is 0.459 e. The summed E-state index contributed by atoms with van der Waals surface area (Å²) in [6.07, 6.45) is -0.0682. The van der Waals surface area contributed by atoms with Gasteiger partial charge in [-0.15, -0.1) is 12.6 Å². The van der Waals surface area contributed by atoms with Crippen molar-refractivity contribution in [2.75, 3.05) is 0 Å². The first kappa shape index (κ1) is 11.9. The second-order valence-electron chi connectivity index (χ2n) is 4.02. The van der Waals surface area contributed by atoms with Crippen LogP contribution >= 0.6 is 12.6 Å². The monoisotopic (exact) mass is 218 g/mol. The first-order chi connectivity index (χ1) is 6.43. The molecule has 5 atom stereocenters. The zero-order chi connectivity index (χ0) is 10.9. The molecule has 1 aliphatic heterocycles. The molecule has 1 saturated heterocycles. The van der Waals surface area contributed by atoms with Gasteiger partial charge >= 0.3 is 5.97 Å². The molecule has 0 saturated carbocycles. The van der Waals surface area contributed by atoms with Crippen molar-refractivity contribution in [3.8, 4) is 0 Å². The molecule has 1 heterocycles. The Kier molecular flexibility index (Phi) is 3.84. The summed E-state index contributed by atoms with van der Waals surface area (Å²) in [6, 6.07) is 0. The zero-order valence-electron chi connectivity index (χ0n) is 9.06. The van der Waals surface area contributed by atoms with Gasteiger partial charge in [0.25, 0.3) is 0 Å². The van der Waals surface area contributed by atoms with Gasteiger partial charge in [-0.3, -0.25) is 4.79 Å². The van der Waals surface area contributed by atoms with Crippen molar-refractivity contribution in [3.05, 3.63) is 0 Å². The molecule has 0 aliphatic carbocycles. The summed E-state index contributed by atoms with van der Waals surface area (Å²) in [4.78, 5) is 10.9. The molecule has 14 heavy (non-hydrogen) atoms. The Morgan fingerprint density at radius 2 is 1.86 bits per heavy atom. The molecule has 1 fully saturated rings. The van der Waals surface area contributed by atoms with Gasteiger partial charge in [-0.05, 0) is 12.8 Å². The number of carbonyl (C=O) groups excluding carboxylic acids is 1. The van der Waals surface area contributed by atoms with Crippen molar-refractivity contribution >= 4 is 18.6 Å². The standard InChI is InChI=1S/C10H18O3S/c1-5-6(2)9(13-8(4)11)10(14)12-7(5)3/h5-7,9-10,14H,1-4H3/t5-,6+,7-,9-,10+/m0/s1. The molecule has 0 N–H and O–H groups in total. The maximum atomic E-state index is 10.9. The number of thiol groups is 1. The second kappa shape index (κ2) is 4.53. The van der Waals surface area contributed by atoms with Crippen molar-refractivity contribution in [1.29, 1.82) is 0 Å². The van der Waals surface area contributed by atoms with E-state index in [-0.39, 0.29) is 29.5 Å². The normalized spacial score (nSPS) is 43.4. The topological polar surface area (TPSA) is 35.5 Å². The van der Waals surface area contributed by atoms with E-state index in [1.165, 1.54) is 6.92 Å². The van der Waals surface area contributed by atoms with E-state index < -0.39 is 0 Å². The van der Waals surface area contributed by atoms with Gasteiger partial charge in [-0.2, -0.15) is 0 Å². The second-order valence-corrected chi connectivity index (χ2v) is 4.53. The van der Waals surface area contributed by atoms with E-state index in [1.807, 2.05) is 6.92 Å². The van der Waals surface area contributed by atoms with Gasteiger partial charge in [-0.1, -0.05) is 13.8 Å². The SMILES string of the molecule is CC(=O)O[C@H]1[C@H](C)[C@H](C)[C@H](C)O[C@@H]1S. The summed E-state index contributed by atoms with van der Waals surface area (Å²) in [5.74, 6) is 0.388. The van der Waals surface area contributed by atoms with Crippen LogP contribution in [0.4, 0.5) is 0 Å². The highest BCUT2D eigenvalue weighted by atomic mass is 32.1. The van der Waals surface area contributed by atoms with Crippen LogP contribution in [0.1, 0.15) is 27.7 Å². The van der Waals surface area contributed by atoms with Crippen molar-refractivity contribution in [1.82, 2.24) is 0 Å². The van der Waals surface area contributed by atoms with Gasteiger partial charge in [0, 0.05) is 12.8 Å². The molecular formula is C10H18O3S. The summed E-state index contributed by atoms with van der Waals surface area (Å²) in [7, 11) is 0. The lowest BCUT2D eigenvalue weighted by Gasteiger charge is -2.41. The van der Waals surface area contributed by atoms with Crippen LogP contribution in [0.25, 0.3) is 0 Å². The summed E-state index contributed by atoms with van der Waals surface area (Å²) < 4.78 is 10.8. The maximum Gasteiger partial charge on any atom is 0.303 e. The summed E-state index contributed by atoms with van der Waals surface area (Å²) in [5, 5.41) is 0. The minimum Gasteiger partial charge on any atom is -0.459 e. The Balaban J connectivity index is 2.68. The molecule has 0 aromatic carbocycles. The van der Waals surface area contributed by atoms with Crippen LogP contribution in [-0.4, -0.2) is 23.6 Å². The molecule has 0 aromatic rings. The van der Waals surface area contributed by atoms with Gasteiger partial charge < -0.3 is 9.47 Å². The molecule has 3 nitrogen and oxygen atoms in total. The van der Waals surface area contributed by atoms with E-state index in [2.05, 4.69) is 26.5 Å². The number of carbonyl (C=O) groups is 1. The maximum absolute atomic E-state index is 10.9. The predicted molar refractivity (Wildman–Crippen MR) is 57.2 cm³/mol. The molecule has 4 heteroatoms. The number of esters is 1. The molecule has 1 aliphatic rings. The van der Waals surface area contributed by atoms with E-state index in [9.17, 15) is 4.79 Å². The first-order valence-corrected chi connectivity index (χ1v) is 5.46. The summed E-state index contributed by atoms with van der Waals surface area (Å²) in [5.41, 5.74) is -0.305. The molecule has 82 valence electrons. The molecular weight excluding hydrogens is 200 g/mol. The molecule has 0 spiro atoms. The fourth-order valence-corrected chi connectivity index (χ4v) is 2.29. The van der Waals surface area contributed by atoms with Gasteiger partial charge in [0.1, 0.15) is 11.5 Å². The fraction of sp³-hybridized carbons (Fsp3) is 0.900. The first-order valence-electron chi connectivity index (χ1n) is 4.94. The van der Waals surface area contributed by atoms with Gasteiger partial charge in [0.15, 0.2) is 0 Å². The Hall–Kier alpha value is -0.220. The third-order valence-electron chi connectivity index (χ3n) is 3.03. The van der Waals surface area contributed by atoms with Crippen LogP contribution in [0.3, 0.4) is 0 Å². The Morgan fingerprint density at radius 3 is 2.36 bits per heavy atom. The summed E-state index contributed by atoms with van der Waals surface area (Å²) >= 11 is 4.29. The van der Waals surface area contributed by atoms with Crippen LogP contribution in [0, 0.1) is 11.8 Å². The number of hydrogen-bond donors (Lipinski definition) is 1. The average molecular weight is 218 g/mol. The fourth-order valence-electron chi connectivity index (χ4n) is 1.76. The molecule has 1 rings (SSSR count). The van der Waals surface area contributed by atoms with Crippen LogP contribution in [0.2, 0.25) is 0 Å². The lowest BCUT2D eigenvalue weighted by molar-refractivity contribution is -0.173. The molecule has 0 unspecified atom stereocenters. The van der Waals surface area contributed by atoms with E-state index >= 15 is 0 Å². The number of hydrogen-bond acceptors (Lipinski definition) is 4. The molecule has 0 amide bonds. The Bertz CT molecular complexity index is 219. The smallest absolute Gasteiger partial charge is 0.303 e. The minimum absolute atomic E-state index is 0.166.